The van der Waals surface area contributed by atoms with Crippen LogP contribution < -0.4 is 5.32 Å². The molecule has 4 heteroatoms. The van der Waals surface area contributed by atoms with E-state index in [0.717, 1.165) is 48.6 Å². The van der Waals surface area contributed by atoms with E-state index in [0.29, 0.717) is 0 Å². The Labute approximate surface area is 165 Å². The fraction of sp³-hybridized carbons (Fsp3) is 0.348. The van der Waals surface area contributed by atoms with Gasteiger partial charge in [-0.25, -0.2) is 0 Å². The van der Waals surface area contributed by atoms with E-state index in [1.54, 1.807) is 6.26 Å². The van der Waals surface area contributed by atoms with Crippen LogP contribution in [0.3, 0.4) is 0 Å². The van der Waals surface area contributed by atoms with Crippen LogP contribution in [0.25, 0.3) is 0 Å². The van der Waals surface area contributed by atoms with Crippen molar-refractivity contribution in [3.05, 3.63) is 81.7 Å². The summed E-state index contributed by atoms with van der Waals surface area (Å²) in [5.41, 5.74) is 7.35. The van der Waals surface area contributed by atoms with E-state index in [-0.39, 0.29) is 5.92 Å². The first kappa shape index (κ1) is 18.1. The SMILES string of the molecule is CCCNc1conc1C1CCCc2ccc(Cc3ccccc3Cl)cc21. The van der Waals surface area contributed by atoms with Gasteiger partial charge in [-0.1, -0.05) is 60.1 Å². The molecule has 0 bridgehead atoms. The molecule has 0 saturated carbocycles. The standard InChI is InChI=1S/C23H25ClN2O/c1-2-12-25-22-15-27-26-23(22)19-8-5-7-17-11-10-16(14-20(17)19)13-18-6-3-4-9-21(18)24/h3-4,6,9-11,14-15,19,25H,2,5,7-8,12-13H2,1H3. The Bertz CT molecular complexity index is 918. The number of nitrogens with zero attached hydrogens (tertiary/aromatic N) is 1. The summed E-state index contributed by atoms with van der Waals surface area (Å²) >= 11 is 6.37. The number of rotatable bonds is 6. The van der Waals surface area contributed by atoms with E-state index in [1.807, 2.05) is 18.2 Å². The van der Waals surface area contributed by atoms with Gasteiger partial charge in [-0.2, -0.15) is 0 Å². The molecule has 4 rings (SSSR count). The number of hydrogen-bond donors (Lipinski definition) is 1. The minimum Gasteiger partial charge on any atom is -0.381 e. The second-order valence-corrected chi connectivity index (χ2v) is 7.69. The van der Waals surface area contributed by atoms with Crippen molar-refractivity contribution in [2.45, 2.75) is 44.9 Å². The number of anilines is 1. The molecule has 1 heterocycles. The summed E-state index contributed by atoms with van der Waals surface area (Å²) in [5.74, 6) is 0.290. The van der Waals surface area contributed by atoms with Crippen LogP contribution in [0.2, 0.25) is 5.02 Å². The number of hydrogen-bond acceptors (Lipinski definition) is 3. The lowest BCUT2D eigenvalue weighted by atomic mass is 9.79. The first-order valence-corrected chi connectivity index (χ1v) is 10.2. The van der Waals surface area contributed by atoms with E-state index in [4.69, 9.17) is 16.1 Å². The first-order valence-electron chi connectivity index (χ1n) is 9.79. The third-order valence-corrected chi connectivity index (χ3v) is 5.74. The zero-order valence-corrected chi connectivity index (χ0v) is 16.4. The highest BCUT2D eigenvalue weighted by Gasteiger charge is 2.27. The number of nitrogens with one attached hydrogen (secondary N) is 1. The van der Waals surface area contributed by atoms with Gasteiger partial charge in [0.2, 0.25) is 0 Å². The maximum absolute atomic E-state index is 6.37. The summed E-state index contributed by atoms with van der Waals surface area (Å²) < 4.78 is 5.32. The normalized spacial score (nSPS) is 16.1. The molecule has 0 aliphatic heterocycles. The summed E-state index contributed by atoms with van der Waals surface area (Å²) in [4.78, 5) is 0. The number of halogens is 1. The molecule has 2 aromatic carbocycles. The molecular weight excluding hydrogens is 356 g/mol. The minimum atomic E-state index is 0.290. The van der Waals surface area contributed by atoms with Gasteiger partial charge in [-0.15, -0.1) is 0 Å². The Morgan fingerprint density at radius 1 is 1.22 bits per heavy atom. The van der Waals surface area contributed by atoms with Crippen LogP contribution in [0.4, 0.5) is 5.69 Å². The smallest absolute Gasteiger partial charge is 0.147 e. The molecule has 1 aromatic heterocycles. The number of aromatic nitrogens is 1. The van der Waals surface area contributed by atoms with Crippen LogP contribution >= 0.6 is 11.6 Å². The average molecular weight is 381 g/mol. The molecule has 3 nitrogen and oxygen atoms in total. The van der Waals surface area contributed by atoms with Crippen LogP contribution in [0.1, 0.15) is 60.1 Å². The molecule has 1 unspecified atom stereocenters. The summed E-state index contributed by atoms with van der Waals surface area (Å²) in [6.07, 6.45) is 7.09. The van der Waals surface area contributed by atoms with Crippen LogP contribution in [-0.2, 0) is 12.8 Å². The van der Waals surface area contributed by atoms with Gasteiger partial charge in [0.25, 0.3) is 0 Å². The predicted molar refractivity (Wildman–Crippen MR) is 111 cm³/mol. The molecular formula is C23H25ClN2O. The first-order chi connectivity index (χ1) is 13.3. The van der Waals surface area contributed by atoms with Crippen LogP contribution in [0.15, 0.2) is 53.3 Å². The molecule has 140 valence electrons. The topological polar surface area (TPSA) is 38.1 Å². The van der Waals surface area contributed by atoms with E-state index >= 15 is 0 Å². The van der Waals surface area contributed by atoms with Crippen molar-refractivity contribution in [2.75, 3.05) is 11.9 Å². The fourth-order valence-corrected chi connectivity index (χ4v) is 4.20. The molecule has 1 atom stereocenters. The van der Waals surface area contributed by atoms with E-state index in [2.05, 4.69) is 41.7 Å². The van der Waals surface area contributed by atoms with Crippen molar-refractivity contribution >= 4 is 17.3 Å². The molecule has 0 saturated heterocycles. The zero-order valence-electron chi connectivity index (χ0n) is 15.7. The predicted octanol–water partition coefficient (Wildman–Crippen LogP) is 6.21. The highest BCUT2D eigenvalue weighted by molar-refractivity contribution is 6.31. The van der Waals surface area contributed by atoms with Gasteiger partial charge < -0.3 is 9.84 Å². The van der Waals surface area contributed by atoms with Crippen molar-refractivity contribution < 1.29 is 4.52 Å². The Morgan fingerprint density at radius 2 is 2.11 bits per heavy atom. The van der Waals surface area contributed by atoms with E-state index in [1.165, 1.54) is 28.7 Å². The monoisotopic (exact) mass is 380 g/mol. The molecule has 1 N–H and O–H groups in total. The van der Waals surface area contributed by atoms with Crippen molar-refractivity contribution in [1.82, 2.24) is 5.16 Å². The second-order valence-electron chi connectivity index (χ2n) is 7.29. The molecule has 0 amide bonds. The van der Waals surface area contributed by atoms with Gasteiger partial charge >= 0.3 is 0 Å². The van der Waals surface area contributed by atoms with Gasteiger partial charge in [0.05, 0.1) is 5.69 Å². The van der Waals surface area contributed by atoms with Crippen LogP contribution in [-0.4, -0.2) is 11.7 Å². The summed E-state index contributed by atoms with van der Waals surface area (Å²) in [5, 5.41) is 8.65. The fourth-order valence-electron chi connectivity index (χ4n) is 3.99. The van der Waals surface area contributed by atoms with Crippen LogP contribution in [0.5, 0.6) is 0 Å². The molecule has 0 radical (unpaired) electrons. The van der Waals surface area contributed by atoms with Gasteiger partial charge in [0.1, 0.15) is 12.0 Å². The summed E-state index contributed by atoms with van der Waals surface area (Å²) in [6, 6.07) is 15.0. The molecule has 3 aromatic rings. The van der Waals surface area contributed by atoms with Crippen molar-refractivity contribution in [2.24, 2.45) is 0 Å². The number of benzene rings is 2. The maximum Gasteiger partial charge on any atom is 0.147 e. The number of aryl methyl sites for hydroxylation is 1. The lowest BCUT2D eigenvalue weighted by molar-refractivity contribution is 0.404. The molecule has 27 heavy (non-hydrogen) atoms. The maximum atomic E-state index is 6.37. The quantitative estimate of drug-likeness (QED) is 0.552. The summed E-state index contributed by atoms with van der Waals surface area (Å²) in [6.45, 7) is 3.09. The third kappa shape index (κ3) is 3.89. The Balaban J connectivity index is 1.66. The third-order valence-electron chi connectivity index (χ3n) is 5.37. The molecule has 1 aliphatic rings. The van der Waals surface area contributed by atoms with Gasteiger partial charge in [0, 0.05) is 17.5 Å². The average Bonchev–Trinajstić information content (AvgIpc) is 3.16. The van der Waals surface area contributed by atoms with E-state index in [9.17, 15) is 0 Å². The second kappa shape index (κ2) is 8.18. The lowest BCUT2D eigenvalue weighted by Gasteiger charge is -2.25. The van der Waals surface area contributed by atoms with E-state index < -0.39 is 0 Å². The summed E-state index contributed by atoms with van der Waals surface area (Å²) in [7, 11) is 0. The van der Waals surface area contributed by atoms with Gasteiger partial charge in [0.15, 0.2) is 0 Å². The molecule has 0 fully saturated rings. The zero-order chi connectivity index (χ0) is 18.6. The van der Waals surface area contributed by atoms with Gasteiger partial charge in [-0.05, 0) is 60.4 Å². The Kier molecular flexibility index (Phi) is 5.49. The van der Waals surface area contributed by atoms with Crippen molar-refractivity contribution in [1.29, 1.82) is 0 Å². The van der Waals surface area contributed by atoms with Crippen LogP contribution in [0, 0.1) is 0 Å². The van der Waals surface area contributed by atoms with Crippen molar-refractivity contribution in [3.63, 3.8) is 0 Å². The largest absolute Gasteiger partial charge is 0.381 e. The highest BCUT2D eigenvalue weighted by atomic mass is 35.5. The highest BCUT2D eigenvalue weighted by Crippen LogP contribution is 2.39. The molecule has 0 spiro atoms. The minimum absolute atomic E-state index is 0.290. The van der Waals surface area contributed by atoms with Gasteiger partial charge in [-0.3, -0.25) is 0 Å². The Morgan fingerprint density at radius 3 is 2.96 bits per heavy atom. The lowest BCUT2D eigenvalue weighted by Crippen LogP contribution is -2.14. The van der Waals surface area contributed by atoms with Crippen molar-refractivity contribution in [3.8, 4) is 0 Å². The number of fused-ring (bicyclic) bond motifs is 1. The molecule has 1 aliphatic carbocycles. The Hall–Kier alpha value is -2.26.